The fraction of sp³-hybridized carbons (Fsp3) is 0.667. The van der Waals surface area contributed by atoms with Gasteiger partial charge in [-0.3, -0.25) is 0 Å². The fourth-order valence-electron chi connectivity index (χ4n) is 4.04. The Labute approximate surface area is 147 Å². The number of furan rings is 1. The summed E-state index contributed by atoms with van der Waals surface area (Å²) in [5, 5.41) is 22.7. The predicted molar refractivity (Wildman–Crippen MR) is 91.0 cm³/mol. The van der Waals surface area contributed by atoms with Crippen LogP contribution in [0, 0.1) is 5.92 Å². The Bertz CT molecular complexity index is 685. The van der Waals surface area contributed by atoms with Crippen molar-refractivity contribution in [2.24, 2.45) is 5.92 Å². The van der Waals surface area contributed by atoms with Gasteiger partial charge in [-0.25, -0.2) is 0 Å². The van der Waals surface area contributed by atoms with Gasteiger partial charge >= 0.3 is 0 Å². The van der Waals surface area contributed by atoms with Gasteiger partial charge in [0, 0.05) is 25.0 Å². The molecule has 7 nitrogen and oxygen atoms in total. The van der Waals surface area contributed by atoms with Crippen LogP contribution in [0.15, 0.2) is 23.0 Å². The molecular formula is C18H26N4O3. The van der Waals surface area contributed by atoms with Crippen molar-refractivity contribution in [3.05, 3.63) is 35.8 Å². The van der Waals surface area contributed by atoms with Crippen molar-refractivity contribution in [2.75, 3.05) is 13.2 Å². The van der Waals surface area contributed by atoms with Crippen molar-refractivity contribution < 1.29 is 14.3 Å². The van der Waals surface area contributed by atoms with Crippen LogP contribution in [0.25, 0.3) is 0 Å². The molecule has 3 heterocycles. The average molecular weight is 346 g/mol. The highest BCUT2D eigenvalue weighted by Crippen LogP contribution is 2.38. The highest BCUT2D eigenvalue weighted by atomic mass is 16.5. The predicted octanol–water partition coefficient (Wildman–Crippen LogP) is 1.48. The normalized spacial score (nSPS) is 27.4. The van der Waals surface area contributed by atoms with Crippen molar-refractivity contribution in [3.8, 4) is 0 Å². The zero-order valence-corrected chi connectivity index (χ0v) is 14.6. The minimum Gasteiger partial charge on any atom is -0.472 e. The van der Waals surface area contributed by atoms with Gasteiger partial charge < -0.3 is 24.1 Å². The summed E-state index contributed by atoms with van der Waals surface area (Å²) in [4.78, 5) is 0. The molecule has 136 valence electrons. The molecule has 1 unspecified atom stereocenters. The molecule has 2 aromatic rings. The van der Waals surface area contributed by atoms with Crippen LogP contribution in [-0.4, -0.2) is 45.2 Å². The maximum absolute atomic E-state index is 10.5. The molecule has 0 saturated heterocycles. The molecule has 0 spiro atoms. The topological polar surface area (TPSA) is 85.3 Å². The number of nitrogens with one attached hydrogen (secondary N) is 1. The zero-order valence-electron chi connectivity index (χ0n) is 14.6. The number of fused-ring (bicyclic) bond motifs is 1. The Morgan fingerprint density at radius 1 is 1.40 bits per heavy atom. The second-order valence-corrected chi connectivity index (χ2v) is 7.32. The van der Waals surface area contributed by atoms with Crippen LogP contribution in [0.3, 0.4) is 0 Å². The first kappa shape index (κ1) is 16.8. The van der Waals surface area contributed by atoms with Crippen molar-refractivity contribution in [3.63, 3.8) is 0 Å². The first-order chi connectivity index (χ1) is 12.2. The van der Waals surface area contributed by atoms with E-state index in [1.54, 1.807) is 12.5 Å². The van der Waals surface area contributed by atoms with Crippen LogP contribution >= 0.6 is 0 Å². The monoisotopic (exact) mass is 346 g/mol. The minimum absolute atomic E-state index is 0.254. The van der Waals surface area contributed by atoms with E-state index in [0.29, 0.717) is 19.3 Å². The molecular weight excluding hydrogens is 320 g/mol. The third-order valence-electron chi connectivity index (χ3n) is 5.42. The molecule has 0 aromatic carbocycles. The van der Waals surface area contributed by atoms with Crippen LogP contribution in [0.5, 0.6) is 0 Å². The largest absolute Gasteiger partial charge is 0.472 e. The van der Waals surface area contributed by atoms with Gasteiger partial charge in [0.2, 0.25) is 0 Å². The van der Waals surface area contributed by atoms with Gasteiger partial charge in [0.25, 0.3) is 0 Å². The van der Waals surface area contributed by atoms with Crippen LogP contribution in [0.4, 0.5) is 0 Å². The van der Waals surface area contributed by atoms with E-state index >= 15 is 0 Å². The van der Waals surface area contributed by atoms with Gasteiger partial charge in [-0.15, -0.1) is 10.2 Å². The molecule has 2 aromatic heterocycles. The Hall–Kier alpha value is -1.70. The summed E-state index contributed by atoms with van der Waals surface area (Å²) in [5.41, 5.74) is 1.20. The van der Waals surface area contributed by atoms with Gasteiger partial charge in [-0.2, -0.15) is 0 Å². The summed E-state index contributed by atoms with van der Waals surface area (Å²) in [6.07, 6.45) is 5.86. The summed E-state index contributed by atoms with van der Waals surface area (Å²) >= 11 is 0. The molecule has 7 heteroatoms. The number of ether oxygens (including phenoxy) is 1. The first-order valence-corrected chi connectivity index (χ1v) is 9.13. The summed E-state index contributed by atoms with van der Waals surface area (Å²) in [7, 11) is 0. The molecule has 2 N–H and O–H groups in total. The highest BCUT2D eigenvalue weighted by molar-refractivity contribution is 5.09. The van der Waals surface area contributed by atoms with E-state index in [1.165, 1.54) is 5.56 Å². The Balaban J connectivity index is 1.33. The molecule has 0 radical (unpaired) electrons. The number of nitrogens with zero attached hydrogens (tertiary/aromatic N) is 3. The molecule has 1 aliphatic heterocycles. The summed E-state index contributed by atoms with van der Waals surface area (Å²) < 4.78 is 12.7. The second-order valence-electron chi connectivity index (χ2n) is 7.32. The average Bonchev–Trinajstić information content (AvgIpc) is 3.32. The first-order valence-electron chi connectivity index (χ1n) is 9.13. The number of rotatable bonds is 6. The summed E-state index contributed by atoms with van der Waals surface area (Å²) in [6, 6.07) is 2.35. The van der Waals surface area contributed by atoms with Gasteiger partial charge in [0.15, 0.2) is 5.82 Å². The molecule has 0 amide bonds. The summed E-state index contributed by atoms with van der Waals surface area (Å²) in [6.45, 7) is 5.05. The van der Waals surface area contributed by atoms with Crippen LogP contribution < -0.4 is 5.32 Å². The van der Waals surface area contributed by atoms with E-state index in [4.69, 9.17) is 9.15 Å². The number of aliphatic hydroxyl groups is 1. The Morgan fingerprint density at radius 2 is 2.32 bits per heavy atom. The van der Waals surface area contributed by atoms with Crippen LogP contribution in [-0.2, 0) is 24.3 Å². The van der Waals surface area contributed by atoms with E-state index in [1.807, 2.05) is 6.07 Å². The van der Waals surface area contributed by atoms with Crippen LogP contribution in [0.1, 0.15) is 42.9 Å². The maximum Gasteiger partial charge on any atom is 0.159 e. The molecule has 2 aliphatic rings. The third kappa shape index (κ3) is 3.63. The summed E-state index contributed by atoms with van der Waals surface area (Å²) in [5.74, 6) is 2.47. The second kappa shape index (κ2) is 7.27. The zero-order chi connectivity index (χ0) is 17.2. The van der Waals surface area contributed by atoms with Crippen molar-refractivity contribution >= 4 is 0 Å². The Kier molecular flexibility index (Phi) is 4.87. The van der Waals surface area contributed by atoms with Gasteiger partial charge in [0.05, 0.1) is 25.2 Å². The van der Waals surface area contributed by atoms with Gasteiger partial charge in [-0.05, 0) is 43.7 Å². The van der Waals surface area contributed by atoms with E-state index in [-0.39, 0.29) is 17.9 Å². The molecule has 1 saturated carbocycles. The van der Waals surface area contributed by atoms with E-state index in [9.17, 15) is 5.11 Å². The lowest BCUT2D eigenvalue weighted by molar-refractivity contribution is 0.0801. The van der Waals surface area contributed by atoms with E-state index < -0.39 is 0 Å². The number of aromatic nitrogens is 3. The molecule has 1 aliphatic carbocycles. The Morgan fingerprint density at radius 3 is 3.16 bits per heavy atom. The lowest BCUT2D eigenvalue weighted by Crippen LogP contribution is -2.35. The molecule has 4 atom stereocenters. The van der Waals surface area contributed by atoms with Gasteiger partial charge in [0.1, 0.15) is 12.4 Å². The molecule has 4 rings (SSSR count). The standard InChI is InChI=1S/C18H26N4O3/c1-12(6-13-2-4-24-10-13)19-9-15-7-14(8-16(15)23)18-21-20-17-11-25-5-3-22(17)18/h2,4,10,12,14-16,19,23H,3,5-9,11H2,1H3/t12?,14-,15+,16+/m0/s1. The van der Waals surface area contributed by atoms with E-state index in [2.05, 4.69) is 27.0 Å². The lowest BCUT2D eigenvalue weighted by atomic mass is 10.0. The van der Waals surface area contributed by atoms with Crippen molar-refractivity contribution in [2.45, 2.75) is 57.4 Å². The maximum atomic E-state index is 10.5. The van der Waals surface area contributed by atoms with Crippen molar-refractivity contribution in [1.82, 2.24) is 20.1 Å². The molecule has 0 bridgehead atoms. The lowest BCUT2D eigenvalue weighted by Gasteiger charge is -2.19. The number of aliphatic hydroxyl groups excluding tert-OH is 1. The minimum atomic E-state index is -0.286. The molecule has 25 heavy (non-hydrogen) atoms. The number of hydrogen-bond donors (Lipinski definition) is 2. The SMILES string of the molecule is CC(Cc1ccoc1)NC[C@H]1C[C@H](c2nnc3n2CCOC3)C[C@H]1O. The fourth-order valence-corrected chi connectivity index (χ4v) is 4.04. The van der Waals surface area contributed by atoms with Crippen LogP contribution in [0.2, 0.25) is 0 Å². The highest BCUT2D eigenvalue weighted by Gasteiger charge is 2.37. The van der Waals surface area contributed by atoms with E-state index in [0.717, 1.165) is 44.0 Å². The van der Waals surface area contributed by atoms with Gasteiger partial charge in [-0.1, -0.05) is 0 Å². The van der Waals surface area contributed by atoms with Crippen molar-refractivity contribution in [1.29, 1.82) is 0 Å². The molecule has 1 fully saturated rings. The third-order valence-corrected chi connectivity index (χ3v) is 5.42. The smallest absolute Gasteiger partial charge is 0.159 e. The number of hydrogen-bond acceptors (Lipinski definition) is 6. The quantitative estimate of drug-likeness (QED) is 0.824.